The van der Waals surface area contributed by atoms with Gasteiger partial charge < -0.3 is 15.7 Å². The summed E-state index contributed by atoms with van der Waals surface area (Å²) in [5, 5.41) is 15.2. The topological polar surface area (TPSA) is 78.4 Å². The van der Waals surface area contributed by atoms with E-state index < -0.39 is 6.04 Å². The highest BCUT2D eigenvalue weighted by atomic mass is 16.3. The van der Waals surface area contributed by atoms with Crippen molar-refractivity contribution >= 4 is 11.8 Å². The van der Waals surface area contributed by atoms with E-state index in [0.717, 1.165) is 19.3 Å². The third-order valence-electron chi connectivity index (χ3n) is 3.93. The maximum atomic E-state index is 12.0. The van der Waals surface area contributed by atoms with E-state index in [-0.39, 0.29) is 23.8 Å². The predicted octanol–water partition coefficient (Wildman–Crippen LogP) is 1.08. The van der Waals surface area contributed by atoms with Crippen molar-refractivity contribution in [3.63, 3.8) is 0 Å². The van der Waals surface area contributed by atoms with Crippen LogP contribution in [0, 0.1) is 5.92 Å². The third-order valence-corrected chi connectivity index (χ3v) is 3.93. The third kappa shape index (κ3) is 4.29. The Morgan fingerprint density at radius 1 is 1.29 bits per heavy atom. The molecule has 3 unspecified atom stereocenters. The normalized spacial score (nSPS) is 22.6. The lowest BCUT2D eigenvalue weighted by atomic mass is 10.1. The van der Waals surface area contributed by atoms with E-state index in [1.165, 1.54) is 0 Å². The van der Waals surface area contributed by atoms with Crippen LogP contribution in [0.3, 0.4) is 0 Å². The van der Waals surface area contributed by atoms with Crippen LogP contribution >= 0.6 is 0 Å². The molecule has 1 aliphatic rings. The van der Waals surface area contributed by atoms with Crippen LogP contribution in [0.4, 0.5) is 0 Å². The number of nitrogens with one attached hydrogen (secondary N) is 2. The van der Waals surface area contributed by atoms with Crippen LogP contribution in [0.25, 0.3) is 0 Å². The molecule has 21 heavy (non-hydrogen) atoms. The molecule has 1 saturated carbocycles. The smallest absolute Gasteiger partial charge is 0.251 e. The number of aliphatic hydroxyl groups is 1. The highest BCUT2D eigenvalue weighted by Gasteiger charge is 2.26. The predicted molar refractivity (Wildman–Crippen MR) is 79.7 cm³/mol. The minimum atomic E-state index is -0.601. The van der Waals surface area contributed by atoms with Gasteiger partial charge in [-0.2, -0.15) is 0 Å². The van der Waals surface area contributed by atoms with Crippen molar-refractivity contribution < 1.29 is 14.7 Å². The average molecular weight is 290 g/mol. The van der Waals surface area contributed by atoms with Gasteiger partial charge in [-0.3, -0.25) is 9.59 Å². The molecule has 1 fully saturated rings. The first-order valence-corrected chi connectivity index (χ1v) is 7.39. The molecule has 114 valence electrons. The molecule has 0 aliphatic heterocycles. The summed E-state index contributed by atoms with van der Waals surface area (Å²) < 4.78 is 0. The summed E-state index contributed by atoms with van der Waals surface area (Å²) in [7, 11) is 0. The van der Waals surface area contributed by atoms with Gasteiger partial charge in [0.15, 0.2) is 0 Å². The molecule has 0 radical (unpaired) electrons. The number of carbonyl (C=O) groups excluding carboxylic acids is 2. The first-order valence-electron chi connectivity index (χ1n) is 7.39. The minimum absolute atomic E-state index is 0.131. The molecule has 3 atom stereocenters. The molecule has 1 aromatic rings. The standard InChI is InChI=1S/C16H22N2O3/c1-11(18-16(21)12-6-3-2-4-7-12)15(20)17-10-13-8-5-9-14(13)19/h2-4,6-7,11,13-14,19H,5,8-10H2,1H3,(H,17,20)(H,18,21). The van der Waals surface area contributed by atoms with Gasteiger partial charge in [-0.15, -0.1) is 0 Å². The first kappa shape index (κ1) is 15.5. The largest absolute Gasteiger partial charge is 0.393 e. The van der Waals surface area contributed by atoms with Crippen molar-refractivity contribution in [2.45, 2.75) is 38.3 Å². The second kappa shape index (κ2) is 7.22. The van der Waals surface area contributed by atoms with Gasteiger partial charge >= 0.3 is 0 Å². The second-order valence-corrected chi connectivity index (χ2v) is 5.56. The Bertz CT molecular complexity index is 490. The highest BCUT2D eigenvalue weighted by Crippen LogP contribution is 2.24. The van der Waals surface area contributed by atoms with Crippen LogP contribution in [0.2, 0.25) is 0 Å². The molecule has 0 aromatic heterocycles. The van der Waals surface area contributed by atoms with Crippen molar-refractivity contribution in [2.75, 3.05) is 6.54 Å². The molecule has 2 amide bonds. The maximum Gasteiger partial charge on any atom is 0.251 e. The Balaban J connectivity index is 1.78. The molecule has 2 rings (SSSR count). The van der Waals surface area contributed by atoms with Crippen LogP contribution in [-0.4, -0.2) is 35.6 Å². The van der Waals surface area contributed by atoms with Crippen molar-refractivity contribution in [1.29, 1.82) is 0 Å². The van der Waals surface area contributed by atoms with Crippen LogP contribution in [0.5, 0.6) is 0 Å². The number of carbonyl (C=O) groups is 2. The van der Waals surface area contributed by atoms with E-state index in [9.17, 15) is 14.7 Å². The van der Waals surface area contributed by atoms with Crippen molar-refractivity contribution in [3.05, 3.63) is 35.9 Å². The van der Waals surface area contributed by atoms with Gasteiger partial charge in [-0.25, -0.2) is 0 Å². The van der Waals surface area contributed by atoms with Crippen LogP contribution in [0.15, 0.2) is 30.3 Å². The van der Waals surface area contributed by atoms with Gasteiger partial charge in [0.05, 0.1) is 6.10 Å². The Kier molecular flexibility index (Phi) is 5.33. The van der Waals surface area contributed by atoms with Crippen LogP contribution in [0.1, 0.15) is 36.5 Å². The van der Waals surface area contributed by atoms with Gasteiger partial charge in [0.2, 0.25) is 5.91 Å². The summed E-state index contributed by atoms with van der Waals surface area (Å²) >= 11 is 0. The number of amides is 2. The van der Waals surface area contributed by atoms with Gasteiger partial charge in [-0.1, -0.05) is 24.6 Å². The summed E-state index contributed by atoms with van der Waals surface area (Å²) in [5.41, 5.74) is 0.531. The molecule has 0 saturated heterocycles. The van der Waals surface area contributed by atoms with Crippen molar-refractivity contribution in [1.82, 2.24) is 10.6 Å². The first-order chi connectivity index (χ1) is 10.1. The molecular weight excluding hydrogens is 268 g/mol. The fraction of sp³-hybridized carbons (Fsp3) is 0.500. The zero-order chi connectivity index (χ0) is 15.2. The van der Waals surface area contributed by atoms with E-state index in [1.54, 1.807) is 31.2 Å². The fourth-order valence-electron chi connectivity index (χ4n) is 2.58. The maximum absolute atomic E-state index is 12.0. The van der Waals surface area contributed by atoms with Gasteiger partial charge in [0.1, 0.15) is 6.04 Å². The number of rotatable bonds is 5. The van der Waals surface area contributed by atoms with E-state index in [1.807, 2.05) is 6.07 Å². The van der Waals surface area contributed by atoms with E-state index >= 15 is 0 Å². The molecule has 0 spiro atoms. The molecule has 5 nitrogen and oxygen atoms in total. The number of hydrogen-bond donors (Lipinski definition) is 3. The number of benzene rings is 1. The SMILES string of the molecule is CC(NC(=O)c1ccccc1)C(=O)NCC1CCCC1O. The monoisotopic (exact) mass is 290 g/mol. The molecule has 0 heterocycles. The Morgan fingerprint density at radius 3 is 2.62 bits per heavy atom. The summed E-state index contributed by atoms with van der Waals surface area (Å²) in [6.07, 6.45) is 2.43. The number of aliphatic hydroxyl groups excluding tert-OH is 1. The zero-order valence-corrected chi connectivity index (χ0v) is 12.2. The summed E-state index contributed by atoms with van der Waals surface area (Å²) in [6, 6.07) is 8.20. The molecule has 1 aromatic carbocycles. The Hall–Kier alpha value is -1.88. The lowest BCUT2D eigenvalue weighted by Gasteiger charge is -2.18. The van der Waals surface area contributed by atoms with Crippen molar-refractivity contribution in [2.24, 2.45) is 5.92 Å². The summed E-state index contributed by atoms with van der Waals surface area (Å²) in [5.74, 6) is -0.358. The van der Waals surface area contributed by atoms with Gasteiger partial charge in [0.25, 0.3) is 5.91 Å². The molecular formula is C16H22N2O3. The van der Waals surface area contributed by atoms with E-state index in [0.29, 0.717) is 12.1 Å². The molecule has 1 aliphatic carbocycles. The molecule has 3 N–H and O–H groups in total. The lowest BCUT2D eigenvalue weighted by molar-refractivity contribution is -0.122. The average Bonchev–Trinajstić information content (AvgIpc) is 2.90. The quantitative estimate of drug-likeness (QED) is 0.759. The van der Waals surface area contributed by atoms with Gasteiger partial charge in [-0.05, 0) is 31.9 Å². The van der Waals surface area contributed by atoms with Crippen LogP contribution in [-0.2, 0) is 4.79 Å². The van der Waals surface area contributed by atoms with Crippen molar-refractivity contribution in [3.8, 4) is 0 Å². The second-order valence-electron chi connectivity index (χ2n) is 5.56. The highest BCUT2D eigenvalue weighted by molar-refractivity contribution is 5.97. The fourth-order valence-corrected chi connectivity index (χ4v) is 2.58. The summed E-state index contributed by atoms with van der Waals surface area (Å²) in [6.45, 7) is 2.12. The molecule has 5 heteroatoms. The van der Waals surface area contributed by atoms with Gasteiger partial charge in [0, 0.05) is 18.0 Å². The zero-order valence-electron chi connectivity index (χ0n) is 12.2. The Labute approximate surface area is 124 Å². The van der Waals surface area contributed by atoms with Crippen LogP contribution < -0.4 is 10.6 Å². The molecule has 0 bridgehead atoms. The van der Waals surface area contributed by atoms with E-state index in [2.05, 4.69) is 10.6 Å². The lowest BCUT2D eigenvalue weighted by Crippen LogP contribution is -2.46. The minimum Gasteiger partial charge on any atom is -0.393 e. The number of hydrogen-bond acceptors (Lipinski definition) is 3. The summed E-state index contributed by atoms with van der Waals surface area (Å²) in [4.78, 5) is 23.9. The Morgan fingerprint density at radius 2 is 2.00 bits per heavy atom. The van der Waals surface area contributed by atoms with E-state index in [4.69, 9.17) is 0 Å².